The summed E-state index contributed by atoms with van der Waals surface area (Å²) in [6.45, 7) is 6.04. The van der Waals surface area contributed by atoms with Gasteiger partial charge in [-0.1, -0.05) is 30.4 Å². The molecule has 0 bridgehead atoms. The summed E-state index contributed by atoms with van der Waals surface area (Å²) in [5.74, 6) is 1.99. The molecule has 1 amide bonds. The predicted molar refractivity (Wildman–Crippen MR) is 121 cm³/mol. The van der Waals surface area contributed by atoms with Gasteiger partial charge in [-0.2, -0.15) is 5.10 Å². The fraction of sp³-hybridized carbons (Fsp3) is 0.474. The Morgan fingerprint density at radius 2 is 1.97 bits per heavy atom. The van der Waals surface area contributed by atoms with Gasteiger partial charge in [0.25, 0.3) is 0 Å². The molecule has 1 aliphatic heterocycles. The van der Waals surface area contributed by atoms with Gasteiger partial charge >= 0.3 is 0 Å². The molecule has 0 aliphatic carbocycles. The van der Waals surface area contributed by atoms with E-state index in [2.05, 4.69) is 32.2 Å². The number of carbonyl (C=O) groups is 1. The number of thioether (sulfide) groups is 2. The van der Waals surface area contributed by atoms with E-state index in [0.717, 1.165) is 40.9 Å². The third-order valence-electron chi connectivity index (χ3n) is 4.56. The highest BCUT2D eigenvalue weighted by molar-refractivity contribution is 7.99. The molecule has 0 spiro atoms. The molecule has 0 aromatic carbocycles. The fourth-order valence-electron chi connectivity index (χ4n) is 3.14. The Bertz CT molecular complexity index is 1010. The minimum atomic E-state index is -0.0697. The highest BCUT2D eigenvalue weighted by Crippen LogP contribution is 2.27. The quantitative estimate of drug-likeness (QED) is 0.372. The second kappa shape index (κ2) is 10.7. The van der Waals surface area contributed by atoms with Crippen LogP contribution in [0.2, 0.25) is 0 Å². The van der Waals surface area contributed by atoms with Crippen molar-refractivity contribution in [2.45, 2.75) is 23.8 Å². The molecule has 4 rings (SSSR count). The van der Waals surface area contributed by atoms with E-state index in [4.69, 9.17) is 14.7 Å². The van der Waals surface area contributed by atoms with Crippen LogP contribution in [0.1, 0.15) is 6.92 Å². The van der Waals surface area contributed by atoms with Crippen LogP contribution in [-0.4, -0.2) is 80.0 Å². The van der Waals surface area contributed by atoms with Crippen molar-refractivity contribution in [3.05, 3.63) is 24.7 Å². The van der Waals surface area contributed by atoms with Crippen LogP contribution < -0.4 is 10.2 Å². The number of carbonyl (C=O) groups excluding carboxylic acids is 1. The highest BCUT2D eigenvalue weighted by atomic mass is 32.2. The first-order valence-electron chi connectivity index (χ1n) is 10.1. The Labute approximate surface area is 188 Å². The zero-order valence-electron chi connectivity index (χ0n) is 17.2. The molecule has 164 valence electrons. The number of ether oxygens (including phenoxy) is 1. The topological polar surface area (TPSA) is 111 Å². The van der Waals surface area contributed by atoms with Crippen molar-refractivity contribution in [1.29, 1.82) is 0 Å². The van der Waals surface area contributed by atoms with Crippen molar-refractivity contribution in [2.24, 2.45) is 0 Å². The molecule has 1 aliphatic rings. The van der Waals surface area contributed by atoms with Gasteiger partial charge in [-0.3, -0.25) is 4.79 Å². The van der Waals surface area contributed by atoms with Gasteiger partial charge in [0, 0.05) is 32.0 Å². The lowest BCUT2D eigenvalue weighted by atomic mass is 10.3. The van der Waals surface area contributed by atoms with Gasteiger partial charge in [-0.25, -0.2) is 24.6 Å². The first-order valence-corrected chi connectivity index (χ1v) is 12.1. The summed E-state index contributed by atoms with van der Waals surface area (Å²) in [7, 11) is 0. The van der Waals surface area contributed by atoms with E-state index >= 15 is 0 Å². The van der Waals surface area contributed by atoms with Crippen molar-refractivity contribution in [2.75, 3.05) is 49.3 Å². The van der Waals surface area contributed by atoms with E-state index in [0.29, 0.717) is 31.5 Å². The van der Waals surface area contributed by atoms with E-state index < -0.39 is 0 Å². The molecule has 0 unspecified atom stereocenters. The van der Waals surface area contributed by atoms with Crippen LogP contribution in [0.3, 0.4) is 0 Å². The van der Waals surface area contributed by atoms with Gasteiger partial charge in [0.1, 0.15) is 5.82 Å². The molecule has 0 radical (unpaired) electrons. The monoisotopic (exact) mass is 460 g/mol. The number of hydrogen-bond acceptors (Lipinski definition) is 10. The zero-order valence-corrected chi connectivity index (χ0v) is 18.9. The number of nitrogens with one attached hydrogen (secondary N) is 1. The van der Waals surface area contributed by atoms with Gasteiger partial charge in [0.2, 0.25) is 5.91 Å². The average Bonchev–Trinajstić information content (AvgIpc) is 3.21. The van der Waals surface area contributed by atoms with E-state index in [1.807, 2.05) is 10.9 Å². The van der Waals surface area contributed by atoms with Crippen LogP contribution in [0, 0.1) is 0 Å². The van der Waals surface area contributed by atoms with Crippen LogP contribution >= 0.6 is 23.5 Å². The molecule has 10 nitrogen and oxygen atoms in total. The third kappa shape index (κ3) is 5.63. The number of aromatic nitrogens is 6. The molecular weight excluding hydrogens is 436 g/mol. The van der Waals surface area contributed by atoms with Crippen LogP contribution in [0.4, 0.5) is 5.82 Å². The predicted octanol–water partition coefficient (Wildman–Crippen LogP) is 1.47. The molecule has 1 saturated heterocycles. The van der Waals surface area contributed by atoms with E-state index in [1.54, 1.807) is 30.2 Å². The van der Waals surface area contributed by atoms with Crippen molar-refractivity contribution in [3.63, 3.8) is 0 Å². The maximum Gasteiger partial charge on any atom is 0.230 e. The van der Waals surface area contributed by atoms with Gasteiger partial charge < -0.3 is 15.0 Å². The van der Waals surface area contributed by atoms with Gasteiger partial charge in [-0.05, 0) is 11.8 Å². The lowest BCUT2D eigenvalue weighted by molar-refractivity contribution is -0.118. The van der Waals surface area contributed by atoms with Crippen molar-refractivity contribution in [3.8, 4) is 0 Å². The summed E-state index contributed by atoms with van der Waals surface area (Å²) in [5.41, 5.74) is 0.786. The number of nitrogens with zero attached hydrogens (tertiary/aromatic N) is 7. The zero-order chi connectivity index (χ0) is 21.5. The number of hydrogen-bond donors (Lipinski definition) is 1. The van der Waals surface area contributed by atoms with E-state index in [9.17, 15) is 4.79 Å². The molecule has 3 aromatic rings. The van der Waals surface area contributed by atoms with E-state index in [1.165, 1.54) is 11.8 Å². The summed E-state index contributed by atoms with van der Waals surface area (Å²) in [4.78, 5) is 32.1. The smallest absolute Gasteiger partial charge is 0.230 e. The molecule has 0 saturated carbocycles. The molecule has 3 aromatic heterocycles. The molecule has 1 N–H and O–H groups in total. The van der Waals surface area contributed by atoms with Crippen LogP contribution in [0.5, 0.6) is 0 Å². The van der Waals surface area contributed by atoms with Gasteiger partial charge in [-0.15, -0.1) is 0 Å². The number of anilines is 1. The minimum absolute atomic E-state index is 0.0697. The molecule has 1 fully saturated rings. The SMILES string of the molecule is CCSc1nc(N2CCOCC2)c2cnn(CCNC(=O)CSc3ncccn3)c2n1. The second-order valence-corrected chi connectivity index (χ2v) is 8.81. The maximum atomic E-state index is 12.1. The summed E-state index contributed by atoms with van der Waals surface area (Å²) < 4.78 is 7.31. The largest absolute Gasteiger partial charge is 0.378 e. The third-order valence-corrected chi connectivity index (χ3v) is 6.16. The highest BCUT2D eigenvalue weighted by Gasteiger charge is 2.20. The summed E-state index contributed by atoms with van der Waals surface area (Å²) in [6.07, 6.45) is 5.13. The molecule has 12 heteroatoms. The molecule has 31 heavy (non-hydrogen) atoms. The number of rotatable bonds is 9. The Kier molecular flexibility index (Phi) is 7.54. The van der Waals surface area contributed by atoms with E-state index in [-0.39, 0.29) is 11.7 Å². The molecule has 0 atom stereocenters. The van der Waals surface area contributed by atoms with Gasteiger partial charge in [0.05, 0.1) is 37.1 Å². The van der Waals surface area contributed by atoms with Crippen molar-refractivity contribution >= 4 is 46.3 Å². The van der Waals surface area contributed by atoms with Crippen LogP contribution in [0.15, 0.2) is 35.0 Å². The standard InChI is InChI=1S/C19H24N8O2S2/c1-2-30-19-24-16(26-8-10-29-11-9-26)14-12-23-27(17(14)25-19)7-6-20-15(28)13-31-18-21-4-3-5-22-18/h3-5,12H,2,6-11,13H2,1H3,(H,20,28). The first kappa shape index (κ1) is 21.8. The van der Waals surface area contributed by atoms with Crippen molar-refractivity contribution in [1.82, 2.24) is 35.0 Å². The van der Waals surface area contributed by atoms with Crippen molar-refractivity contribution < 1.29 is 9.53 Å². The maximum absolute atomic E-state index is 12.1. The lowest BCUT2D eigenvalue weighted by Crippen LogP contribution is -2.37. The van der Waals surface area contributed by atoms with Crippen LogP contribution in [0.25, 0.3) is 11.0 Å². The second-order valence-electron chi connectivity index (χ2n) is 6.64. The minimum Gasteiger partial charge on any atom is -0.378 e. The summed E-state index contributed by atoms with van der Waals surface area (Å²) in [6, 6.07) is 1.75. The normalized spacial score (nSPS) is 14.2. The number of fused-ring (bicyclic) bond motifs is 1. The summed E-state index contributed by atoms with van der Waals surface area (Å²) in [5, 5.41) is 9.68. The average molecular weight is 461 g/mol. The Morgan fingerprint density at radius 1 is 1.16 bits per heavy atom. The molecular formula is C19H24N8O2S2. The summed E-state index contributed by atoms with van der Waals surface area (Å²) >= 11 is 2.92. The first-order chi connectivity index (χ1) is 15.2. The molecule has 4 heterocycles. The Balaban J connectivity index is 1.41. The number of amides is 1. The Hall–Kier alpha value is -2.44. The lowest BCUT2D eigenvalue weighted by Gasteiger charge is -2.28. The van der Waals surface area contributed by atoms with Crippen LogP contribution in [-0.2, 0) is 16.1 Å². The Morgan fingerprint density at radius 3 is 2.74 bits per heavy atom. The fourth-order valence-corrected chi connectivity index (χ4v) is 4.33. The number of morpholine rings is 1. The van der Waals surface area contributed by atoms with Gasteiger partial charge in [0.15, 0.2) is 16.0 Å².